The van der Waals surface area contributed by atoms with E-state index in [1.807, 2.05) is 0 Å². The molecule has 1 heterocycles. The molecule has 1 aliphatic carbocycles. The van der Waals surface area contributed by atoms with Crippen molar-refractivity contribution >= 4 is 34.6 Å². The van der Waals surface area contributed by atoms with Gasteiger partial charge in [-0.25, -0.2) is 0 Å². The second-order valence-electron chi connectivity index (χ2n) is 5.43. The Kier molecular flexibility index (Phi) is 3.96. The molecule has 0 amide bonds. The summed E-state index contributed by atoms with van der Waals surface area (Å²) in [6, 6.07) is 2.45. The molecule has 0 bridgehead atoms. The highest BCUT2D eigenvalue weighted by atomic mass is 35.5. The predicted molar refractivity (Wildman–Crippen MR) is 81.0 cm³/mol. The molecule has 1 aromatic rings. The Bertz CT molecular complexity index is 561. The Morgan fingerprint density at radius 1 is 1.38 bits per heavy atom. The van der Waals surface area contributed by atoms with Gasteiger partial charge in [0.1, 0.15) is 0 Å². The van der Waals surface area contributed by atoms with Gasteiger partial charge < -0.3 is 15.8 Å². The highest BCUT2D eigenvalue weighted by Crippen LogP contribution is 2.42. The van der Waals surface area contributed by atoms with E-state index >= 15 is 0 Å². The summed E-state index contributed by atoms with van der Waals surface area (Å²) in [4.78, 5) is 10.2. The first kappa shape index (κ1) is 14.8. The maximum atomic E-state index is 10.8. The van der Waals surface area contributed by atoms with Crippen molar-refractivity contribution in [3.63, 3.8) is 0 Å². The van der Waals surface area contributed by atoms with Crippen LogP contribution < -0.4 is 11.1 Å². The van der Waals surface area contributed by atoms with E-state index < -0.39 is 4.92 Å². The summed E-state index contributed by atoms with van der Waals surface area (Å²) in [5.74, 6) is 0.354. The van der Waals surface area contributed by atoms with Crippen molar-refractivity contribution in [1.29, 1.82) is 0 Å². The number of halogens is 2. The van der Waals surface area contributed by atoms with E-state index in [0.29, 0.717) is 11.6 Å². The van der Waals surface area contributed by atoms with Gasteiger partial charge in [0, 0.05) is 30.7 Å². The van der Waals surface area contributed by atoms with Crippen LogP contribution in [0.2, 0.25) is 10.0 Å². The van der Waals surface area contributed by atoms with Gasteiger partial charge in [0.2, 0.25) is 0 Å². The van der Waals surface area contributed by atoms with Gasteiger partial charge in [0.15, 0.2) is 0 Å². The molecule has 3 N–H and O–H groups in total. The summed E-state index contributed by atoms with van der Waals surface area (Å²) < 4.78 is 5.74. The van der Waals surface area contributed by atoms with E-state index in [9.17, 15) is 10.1 Å². The van der Waals surface area contributed by atoms with Gasteiger partial charge in [-0.2, -0.15) is 0 Å². The molecule has 0 spiro atoms. The number of hydrogen-bond donors (Lipinski definition) is 2. The molecule has 0 aromatic heterocycles. The highest BCUT2D eigenvalue weighted by molar-refractivity contribution is 6.39. The van der Waals surface area contributed by atoms with E-state index in [2.05, 4.69) is 5.32 Å². The number of anilines is 1. The van der Waals surface area contributed by atoms with Gasteiger partial charge in [-0.1, -0.05) is 23.2 Å². The summed E-state index contributed by atoms with van der Waals surface area (Å²) >= 11 is 12.2. The van der Waals surface area contributed by atoms with Crippen LogP contribution in [0.5, 0.6) is 0 Å². The standard InChI is InChI=1S/C13H15Cl2N3O3/c14-8-4-6(18(19)20)5-9(15)11(8)17-12-10(16)7-2-1-3-21-13(7)12/h4-5,7,10,12-13,17H,1-3,16H2. The fourth-order valence-electron chi connectivity index (χ4n) is 3.10. The number of nitro groups is 1. The number of benzene rings is 1. The first-order chi connectivity index (χ1) is 9.99. The molecule has 21 heavy (non-hydrogen) atoms. The van der Waals surface area contributed by atoms with Gasteiger partial charge in [-0.3, -0.25) is 10.1 Å². The monoisotopic (exact) mass is 331 g/mol. The van der Waals surface area contributed by atoms with Crippen molar-refractivity contribution < 1.29 is 9.66 Å². The molecule has 4 unspecified atom stereocenters. The third kappa shape index (κ3) is 2.57. The predicted octanol–water partition coefficient (Wildman–Crippen LogP) is 2.82. The van der Waals surface area contributed by atoms with Gasteiger partial charge in [-0.15, -0.1) is 0 Å². The van der Waals surface area contributed by atoms with Crippen LogP contribution in [0.15, 0.2) is 12.1 Å². The molecular weight excluding hydrogens is 317 g/mol. The van der Waals surface area contributed by atoms with Crippen LogP contribution in [0.25, 0.3) is 0 Å². The average molecular weight is 332 g/mol. The van der Waals surface area contributed by atoms with Crippen molar-refractivity contribution in [2.75, 3.05) is 11.9 Å². The first-order valence-electron chi connectivity index (χ1n) is 6.76. The van der Waals surface area contributed by atoms with Crippen molar-refractivity contribution in [3.8, 4) is 0 Å². The van der Waals surface area contributed by atoms with Crippen LogP contribution in [0.1, 0.15) is 12.8 Å². The highest BCUT2D eigenvalue weighted by Gasteiger charge is 2.50. The molecular formula is C13H15Cl2N3O3. The third-order valence-corrected chi connectivity index (χ3v) is 4.82. The number of fused-ring (bicyclic) bond motifs is 1. The largest absolute Gasteiger partial charge is 0.376 e. The van der Waals surface area contributed by atoms with Crippen molar-refractivity contribution in [3.05, 3.63) is 32.3 Å². The van der Waals surface area contributed by atoms with Crippen molar-refractivity contribution in [2.24, 2.45) is 11.7 Å². The third-order valence-electron chi connectivity index (χ3n) is 4.23. The SMILES string of the molecule is NC1C2CCCOC2C1Nc1c(Cl)cc([N+](=O)[O-])cc1Cl. The minimum Gasteiger partial charge on any atom is -0.376 e. The summed E-state index contributed by atoms with van der Waals surface area (Å²) in [6.07, 6.45) is 2.14. The lowest BCUT2D eigenvalue weighted by atomic mass is 9.68. The molecule has 2 aliphatic rings. The Balaban J connectivity index is 1.80. The minimum absolute atomic E-state index is 0.0300. The smallest absolute Gasteiger partial charge is 0.272 e. The molecule has 1 aliphatic heterocycles. The zero-order valence-electron chi connectivity index (χ0n) is 11.1. The minimum atomic E-state index is -0.531. The normalized spacial score (nSPS) is 31.2. The molecule has 3 rings (SSSR count). The number of ether oxygens (including phenoxy) is 1. The lowest BCUT2D eigenvalue weighted by Gasteiger charge is -2.52. The average Bonchev–Trinajstić information content (AvgIpc) is 2.45. The van der Waals surface area contributed by atoms with Crippen LogP contribution in [0.4, 0.5) is 11.4 Å². The summed E-state index contributed by atoms with van der Waals surface area (Å²) in [5, 5.41) is 14.4. The van der Waals surface area contributed by atoms with Gasteiger partial charge in [-0.05, 0) is 12.8 Å². The fraction of sp³-hybridized carbons (Fsp3) is 0.538. The van der Waals surface area contributed by atoms with Crippen LogP contribution in [0.3, 0.4) is 0 Å². The summed E-state index contributed by atoms with van der Waals surface area (Å²) in [5.41, 5.74) is 6.50. The second-order valence-corrected chi connectivity index (χ2v) is 6.24. The van der Waals surface area contributed by atoms with E-state index in [1.165, 1.54) is 12.1 Å². The van der Waals surface area contributed by atoms with E-state index in [4.69, 9.17) is 33.7 Å². The number of hydrogen-bond acceptors (Lipinski definition) is 5. The summed E-state index contributed by atoms with van der Waals surface area (Å²) in [6.45, 7) is 0.730. The van der Waals surface area contributed by atoms with Crippen molar-refractivity contribution in [1.82, 2.24) is 0 Å². The van der Waals surface area contributed by atoms with E-state index in [-0.39, 0.29) is 33.9 Å². The van der Waals surface area contributed by atoms with Crippen LogP contribution in [0, 0.1) is 16.0 Å². The van der Waals surface area contributed by atoms with Crippen LogP contribution in [-0.2, 0) is 4.74 Å². The lowest BCUT2D eigenvalue weighted by Crippen LogP contribution is -2.69. The van der Waals surface area contributed by atoms with Gasteiger partial charge in [0.25, 0.3) is 5.69 Å². The van der Waals surface area contributed by atoms with Crippen LogP contribution in [-0.4, -0.2) is 29.7 Å². The maximum absolute atomic E-state index is 10.8. The molecule has 1 aromatic carbocycles. The number of nitrogens with two attached hydrogens (primary N) is 1. The number of nitro benzene ring substituents is 1. The number of nitrogens with one attached hydrogen (secondary N) is 1. The summed E-state index contributed by atoms with van der Waals surface area (Å²) in [7, 11) is 0. The van der Waals surface area contributed by atoms with Gasteiger partial charge in [0.05, 0.1) is 32.8 Å². The molecule has 114 valence electrons. The van der Waals surface area contributed by atoms with E-state index in [1.54, 1.807) is 0 Å². The Morgan fingerprint density at radius 3 is 2.67 bits per heavy atom. The lowest BCUT2D eigenvalue weighted by molar-refractivity contribution is -0.384. The molecule has 2 fully saturated rings. The topological polar surface area (TPSA) is 90.4 Å². The zero-order valence-corrected chi connectivity index (χ0v) is 12.6. The molecule has 1 saturated heterocycles. The molecule has 8 heteroatoms. The maximum Gasteiger partial charge on any atom is 0.272 e. The quantitative estimate of drug-likeness (QED) is 0.656. The fourth-order valence-corrected chi connectivity index (χ4v) is 3.68. The molecule has 4 atom stereocenters. The number of rotatable bonds is 3. The van der Waals surface area contributed by atoms with E-state index in [0.717, 1.165) is 19.4 Å². The number of non-ortho nitro benzene ring substituents is 1. The molecule has 0 radical (unpaired) electrons. The van der Waals surface area contributed by atoms with Gasteiger partial charge >= 0.3 is 0 Å². The second kappa shape index (κ2) is 5.61. The Hall–Kier alpha value is -1.08. The molecule has 1 saturated carbocycles. The Morgan fingerprint density at radius 2 is 2.05 bits per heavy atom. The first-order valence-corrected chi connectivity index (χ1v) is 7.52. The zero-order chi connectivity index (χ0) is 15.1. The Labute approximate surface area is 131 Å². The molecule has 6 nitrogen and oxygen atoms in total. The number of nitrogens with zero attached hydrogens (tertiary/aromatic N) is 1. The van der Waals surface area contributed by atoms with Crippen LogP contribution >= 0.6 is 23.2 Å². The van der Waals surface area contributed by atoms with Crippen molar-refractivity contribution in [2.45, 2.75) is 31.0 Å².